The van der Waals surface area contributed by atoms with Crippen LogP contribution in [0.1, 0.15) is 23.7 Å². The second kappa shape index (κ2) is 10.9. The lowest BCUT2D eigenvalue weighted by Gasteiger charge is -2.37. The Balaban J connectivity index is 0.00000140. The SMILES string of the molecule is COc1ccc(N2CCN(CCC3OCCc4ccccc43)CC2)cc1.Cl.Cl. The van der Waals surface area contributed by atoms with Gasteiger partial charge < -0.3 is 14.4 Å². The Hall–Kier alpha value is -1.46. The molecule has 2 heterocycles. The maximum absolute atomic E-state index is 6.06. The van der Waals surface area contributed by atoms with E-state index in [0.29, 0.717) is 0 Å². The third-order valence-corrected chi connectivity index (χ3v) is 5.61. The lowest BCUT2D eigenvalue weighted by molar-refractivity contribution is 0.0289. The van der Waals surface area contributed by atoms with Crippen molar-refractivity contribution in [2.24, 2.45) is 0 Å². The molecule has 1 fully saturated rings. The first kappa shape index (κ1) is 22.8. The van der Waals surface area contributed by atoms with Crippen molar-refractivity contribution in [1.29, 1.82) is 0 Å². The number of methoxy groups -OCH3 is 1. The smallest absolute Gasteiger partial charge is 0.119 e. The summed E-state index contributed by atoms with van der Waals surface area (Å²) in [4.78, 5) is 5.03. The molecule has 1 atom stereocenters. The highest BCUT2D eigenvalue weighted by atomic mass is 35.5. The first-order valence-electron chi connectivity index (χ1n) is 9.64. The van der Waals surface area contributed by atoms with Gasteiger partial charge in [-0.05, 0) is 48.2 Å². The van der Waals surface area contributed by atoms with Crippen LogP contribution in [0.25, 0.3) is 0 Å². The molecular weight excluding hydrogens is 395 g/mol. The van der Waals surface area contributed by atoms with Crippen molar-refractivity contribution in [2.75, 3.05) is 51.3 Å². The average molecular weight is 425 g/mol. The molecule has 2 aromatic carbocycles. The molecule has 154 valence electrons. The molecule has 28 heavy (non-hydrogen) atoms. The lowest BCUT2D eigenvalue weighted by atomic mass is 9.95. The summed E-state index contributed by atoms with van der Waals surface area (Å²) in [5.74, 6) is 0.917. The largest absolute Gasteiger partial charge is 0.497 e. The molecule has 2 aliphatic rings. The van der Waals surface area contributed by atoms with Crippen LogP contribution < -0.4 is 9.64 Å². The van der Waals surface area contributed by atoms with E-state index >= 15 is 0 Å². The van der Waals surface area contributed by atoms with E-state index < -0.39 is 0 Å². The van der Waals surface area contributed by atoms with Gasteiger partial charge in [0, 0.05) is 38.4 Å². The molecule has 6 heteroatoms. The summed E-state index contributed by atoms with van der Waals surface area (Å²) < 4.78 is 11.3. The average Bonchev–Trinajstić information content (AvgIpc) is 2.73. The second-order valence-electron chi connectivity index (χ2n) is 7.12. The Labute approximate surface area is 180 Å². The van der Waals surface area contributed by atoms with Crippen molar-refractivity contribution in [2.45, 2.75) is 18.9 Å². The number of benzene rings is 2. The molecule has 4 rings (SSSR count). The van der Waals surface area contributed by atoms with E-state index in [9.17, 15) is 0 Å². The zero-order valence-corrected chi connectivity index (χ0v) is 18.0. The van der Waals surface area contributed by atoms with Crippen LogP contribution in [0.15, 0.2) is 48.5 Å². The van der Waals surface area contributed by atoms with Gasteiger partial charge in [0.2, 0.25) is 0 Å². The van der Waals surface area contributed by atoms with Crippen molar-refractivity contribution >= 4 is 30.5 Å². The summed E-state index contributed by atoms with van der Waals surface area (Å²) in [5, 5.41) is 0. The molecule has 0 saturated carbocycles. The molecule has 0 N–H and O–H groups in total. The number of piperazine rings is 1. The second-order valence-corrected chi connectivity index (χ2v) is 7.12. The zero-order chi connectivity index (χ0) is 17.8. The molecule has 1 unspecified atom stereocenters. The number of anilines is 1. The normalized spacial score (nSPS) is 19.2. The van der Waals surface area contributed by atoms with Gasteiger partial charge in [-0.1, -0.05) is 24.3 Å². The van der Waals surface area contributed by atoms with Gasteiger partial charge in [-0.2, -0.15) is 0 Å². The summed E-state index contributed by atoms with van der Waals surface area (Å²) >= 11 is 0. The molecule has 2 aromatic rings. The van der Waals surface area contributed by atoms with Gasteiger partial charge in [0.05, 0.1) is 19.8 Å². The predicted octanol–water partition coefficient (Wildman–Crippen LogP) is 4.36. The van der Waals surface area contributed by atoms with Crippen molar-refractivity contribution in [3.8, 4) is 5.75 Å². The van der Waals surface area contributed by atoms with Crippen LogP contribution >= 0.6 is 24.8 Å². The van der Waals surface area contributed by atoms with Crippen LogP contribution in [0.3, 0.4) is 0 Å². The van der Waals surface area contributed by atoms with Gasteiger partial charge in [-0.15, -0.1) is 24.8 Å². The van der Waals surface area contributed by atoms with Gasteiger partial charge in [0.25, 0.3) is 0 Å². The van der Waals surface area contributed by atoms with Crippen molar-refractivity contribution < 1.29 is 9.47 Å². The molecule has 1 saturated heterocycles. The highest BCUT2D eigenvalue weighted by molar-refractivity contribution is 5.85. The maximum Gasteiger partial charge on any atom is 0.119 e. The molecule has 0 bridgehead atoms. The van der Waals surface area contributed by atoms with Gasteiger partial charge in [0.1, 0.15) is 5.75 Å². The molecule has 0 aromatic heterocycles. The third-order valence-electron chi connectivity index (χ3n) is 5.61. The number of rotatable bonds is 5. The van der Waals surface area contributed by atoms with Crippen LogP contribution in [0.2, 0.25) is 0 Å². The topological polar surface area (TPSA) is 24.9 Å². The molecule has 0 radical (unpaired) electrons. The fourth-order valence-electron chi connectivity index (χ4n) is 4.04. The zero-order valence-electron chi connectivity index (χ0n) is 16.4. The number of ether oxygens (including phenoxy) is 2. The minimum absolute atomic E-state index is 0. The van der Waals surface area contributed by atoms with Gasteiger partial charge in [-0.25, -0.2) is 0 Å². The van der Waals surface area contributed by atoms with Gasteiger partial charge >= 0.3 is 0 Å². The van der Waals surface area contributed by atoms with E-state index in [1.807, 2.05) is 12.1 Å². The summed E-state index contributed by atoms with van der Waals surface area (Å²) in [6, 6.07) is 17.1. The maximum atomic E-state index is 6.06. The summed E-state index contributed by atoms with van der Waals surface area (Å²) in [6.45, 7) is 6.34. The van der Waals surface area contributed by atoms with Crippen molar-refractivity contribution in [3.05, 3.63) is 59.7 Å². The van der Waals surface area contributed by atoms with Crippen LogP contribution in [-0.2, 0) is 11.2 Å². The van der Waals surface area contributed by atoms with Crippen LogP contribution in [0.5, 0.6) is 5.75 Å². The minimum Gasteiger partial charge on any atom is -0.497 e. The van der Waals surface area contributed by atoms with Crippen LogP contribution in [0, 0.1) is 0 Å². The summed E-state index contributed by atoms with van der Waals surface area (Å²) in [6.07, 6.45) is 2.40. The number of nitrogens with zero attached hydrogens (tertiary/aromatic N) is 2. The fraction of sp³-hybridized carbons (Fsp3) is 0.455. The first-order chi connectivity index (χ1) is 12.8. The number of hydrogen-bond donors (Lipinski definition) is 0. The Bertz CT molecular complexity index is 719. The van der Waals surface area contributed by atoms with Crippen LogP contribution in [-0.4, -0.2) is 51.3 Å². The van der Waals surface area contributed by atoms with E-state index in [1.165, 1.54) is 16.8 Å². The van der Waals surface area contributed by atoms with Gasteiger partial charge in [-0.3, -0.25) is 4.90 Å². The minimum atomic E-state index is 0. The van der Waals surface area contributed by atoms with Gasteiger partial charge in [0.15, 0.2) is 0 Å². The van der Waals surface area contributed by atoms with E-state index in [4.69, 9.17) is 9.47 Å². The number of hydrogen-bond acceptors (Lipinski definition) is 4. The van der Waals surface area contributed by atoms with E-state index in [1.54, 1.807) is 7.11 Å². The first-order valence-corrected chi connectivity index (χ1v) is 9.64. The highest BCUT2D eigenvalue weighted by Gasteiger charge is 2.23. The fourth-order valence-corrected chi connectivity index (χ4v) is 4.04. The monoisotopic (exact) mass is 424 g/mol. The molecule has 4 nitrogen and oxygen atoms in total. The van der Waals surface area contributed by atoms with E-state index in [2.05, 4.69) is 46.2 Å². The van der Waals surface area contributed by atoms with E-state index in [-0.39, 0.29) is 30.9 Å². The Morgan fingerprint density at radius 2 is 1.68 bits per heavy atom. The molecular formula is C22H30Cl2N2O2. The lowest BCUT2D eigenvalue weighted by Crippen LogP contribution is -2.46. The molecule has 0 amide bonds. The molecule has 0 spiro atoms. The van der Waals surface area contributed by atoms with Crippen molar-refractivity contribution in [1.82, 2.24) is 4.90 Å². The van der Waals surface area contributed by atoms with Crippen LogP contribution in [0.4, 0.5) is 5.69 Å². The molecule has 0 aliphatic carbocycles. The van der Waals surface area contributed by atoms with E-state index in [0.717, 1.165) is 57.9 Å². The number of fused-ring (bicyclic) bond motifs is 1. The highest BCUT2D eigenvalue weighted by Crippen LogP contribution is 2.30. The summed E-state index contributed by atoms with van der Waals surface area (Å²) in [5.41, 5.74) is 4.15. The number of halogens is 2. The quantitative estimate of drug-likeness (QED) is 0.711. The third kappa shape index (κ3) is 5.32. The summed E-state index contributed by atoms with van der Waals surface area (Å²) in [7, 11) is 1.71. The Morgan fingerprint density at radius 1 is 0.964 bits per heavy atom. The predicted molar refractivity (Wildman–Crippen MR) is 120 cm³/mol. The molecule has 2 aliphatic heterocycles. The Kier molecular flexibility index (Phi) is 8.90. The standard InChI is InChI=1S/C22H28N2O2.2ClH/c1-25-20-8-6-19(7-9-20)24-15-13-23(14-16-24)12-10-22-21-5-3-2-4-18(21)11-17-26-22;;/h2-9,22H,10-17H2,1H3;2*1H. The Morgan fingerprint density at radius 3 is 2.39 bits per heavy atom. The van der Waals surface area contributed by atoms with Crippen molar-refractivity contribution in [3.63, 3.8) is 0 Å².